The molecule has 1 aliphatic rings. The smallest absolute Gasteiger partial charge is 0.314 e. The molecule has 1 heterocycles. The highest BCUT2D eigenvalue weighted by Gasteiger charge is 2.10. The van der Waals surface area contributed by atoms with Crippen LogP contribution >= 0.6 is 0 Å². The summed E-state index contributed by atoms with van der Waals surface area (Å²) < 4.78 is 5.53. The van der Waals surface area contributed by atoms with Gasteiger partial charge in [-0.1, -0.05) is 12.1 Å². The Kier molecular flexibility index (Phi) is 3.29. The predicted molar refractivity (Wildman–Crippen MR) is 61.6 cm³/mol. The lowest BCUT2D eigenvalue weighted by molar-refractivity contribution is 0.242. The second kappa shape index (κ2) is 4.88. The highest BCUT2D eigenvalue weighted by Crippen LogP contribution is 2.25. The minimum Gasteiger partial charge on any atom is -0.493 e. The quantitative estimate of drug-likeness (QED) is 0.792. The van der Waals surface area contributed by atoms with Gasteiger partial charge in [-0.25, -0.2) is 4.79 Å². The van der Waals surface area contributed by atoms with Crippen molar-refractivity contribution in [2.75, 3.05) is 13.7 Å². The van der Waals surface area contributed by atoms with E-state index in [2.05, 4.69) is 16.7 Å². The van der Waals surface area contributed by atoms with Crippen LogP contribution in [0.4, 0.5) is 4.79 Å². The van der Waals surface area contributed by atoms with E-state index in [1.54, 1.807) is 7.05 Å². The standard InChI is InChI=1S/C12H16N2O2/c1-13-12(15)14-8-9-4-5-11-10(7-9)3-2-6-16-11/h4-5,7H,2-3,6,8H2,1H3,(H2,13,14,15). The van der Waals surface area contributed by atoms with Crippen molar-refractivity contribution >= 4 is 6.03 Å². The maximum Gasteiger partial charge on any atom is 0.314 e. The van der Waals surface area contributed by atoms with E-state index in [9.17, 15) is 4.79 Å². The van der Waals surface area contributed by atoms with Gasteiger partial charge in [-0.15, -0.1) is 0 Å². The number of hydrogen-bond donors (Lipinski definition) is 2. The van der Waals surface area contributed by atoms with Crippen LogP contribution in [0.2, 0.25) is 0 Å². The first-order valence-electron chi connectivity index (χ1n) is 5.50. The summed E-state index contributed by atoms with van der Waals surface area (Å²) in [4.78, 5) is 11.0. The van der Waals surface area contributed by atoms with E-state index in [1.807, 2.05) is 12.1 Å². The summed E-state index contributed by atoms with van der Waals surface area (Å²) in [6.07, 6.45) is 2.13. The lowest BCUT2D eigenvalue weighted by Crippen LogP contribution is -2.32. The fourth-order valence-electron chi connectivity index (χ4n) is 1.79. The Hall–Kier alpha value is -1.71. The first-order valence-corrected chi connectivity index (χ1v) is 5.50. The topological polar surface area (TPSA) is 50.4 Å². The van der Waals surface area contributed by atoms with Crippen LogP contribution in [0.5, 0.6) is 5.75 Å². The summed E-state index contributed by atoms with van der Waals surface area (Å²) in [5, 5.41) is 5.29. The summed E-state index contributed by atoms with van der Waals surface area (Å²) in [5.41, 5.74) is 2.34. The number of carbonyl (C=O) groups is 1. The normalized spacial score (nSPS) is 13.6. The van der Waals surface area contributed by atoms with Crippen LogP contribution in [-0.2, 0) is 13.0 Å². The van der Waals surface area contributed by atoms with Crippen LogP contribution in [0.1, 0.15) is 17.5 Å². The molecule has 0 radical (unpaired) electrons. The molecule has 0 unspecified atom stereocenters. The highest BCUT2D eigenvalue weighted by molar-refractivity contribution is 5.73. The molecule has 0 aliphatic carbocycles. The van der Waals surface area contributed by atoms with Crippen LogP contribution in [0, 0.1) is 0 Å². The second-order valence-corrected chi connectivity index (χ2v) is 3.83. The van der Waals surface area contributed by atoms with Gasteiger partial charge in [0.1, 0.15) is 5.75 Å². The van der Waals surface area contributed by atoms with Crippen molar-refractivity contribution in [3.8, 4) is 5.75 Å². The van der Waals surface area contributed by atoms with Crippen molar-refractivity contribution in [1.29, 1.82) is 0 Å². The molecule has 4 nitrogen and oxygen atoms in total. The number of amides is 2. The summed E-state index contributed by atoms with van der Waals surface area (Å²) in [5.74, 6) is 0.981. The number of rotatable bonds is 2. The van der Waals surface area contributed by atoms with E-state index < -0.39 is 0 Å². The largest absolute Gasteiger partial charge is 0.493 e. The maximum atomic E-state index is 11.0. The minimum absolute atomic E-state index is 0.158. The summed E-state index contributed by atoms with van der Waals surface area (Å²) >= 11 is 0. The summed E-state index contributed by atoms with van der Waals surface area (Å²) in [6, 6.07) is 5.91. The molecule has 0 bridgehead atoms. The monoisotopic (exact) mass is 220 g/mol. The van der Waals surface area contributed by atoms with E-state index in [-0.39, 0.29) is 6.03 Å². The average molecular weight is 220 g/mol. The third-order valence-electron chi connectivity index (χ3n) is 2.65. The van der Waals surface area contributed by atoms with Gasteiger partial charge in [-0.05, 0) is 30.0 Å². The Bertz CT molecular complexity index is 391. The first-order chi connectivity index (χ1) is 7.79. The molecule has 2 N–H and O–H groups in total. The van der Waals surface area contributed by atoms with E-state index in [4.69, 9.17) is 4.74 Å². The number of benzene rings is 1. The molecular weight excluding hydrogens is 204 g/mol. The number of ether oxygens (including phenoxy) is 1. The molecule has 0 spiro atoms. The van der Waals surface area contributed by atoms with Gasteiger partial charge < -0.3 is 15.4 Å². The minimum atomic E-state index is -0.158. The molecule has 1 aliphatic heterocycles. The number of urea groups is 1. The molecule has 86 valence electrons. The molecule has 0 saturated carbocycles. The lowest BCUT2D eigenvalue weighted by Gasteiger charge is -2.17. The average Bonchev–Trinajstić information content (AvgIpc) is 2.35. The fraction of sp³-hybridized carbons (Fsp3) is 0.417. The van der Waals surface area contributed by atoms with Crippen LogP contribution in [0.3, 0.4) is 0 Å². The predicted octanol–water partition coefficient (Wildman–Crippen LogP) is 1.44. The molecule has 1 aromatic rings. The summed E-state index contributed by atoms with van der Waals surface area (Å²) in [6.45, 7) is 1.36. The van der Waals surface area contributed by atoms with Crippen molar-refractivity contribution < 1.29 is 9.53 Å². The third kappa shape index (κ3) is 2.45. The maximum absolute atomic E-state index is 11.0. The Labute approximate surface area is 95.0 Å². The number of fused-ring (bicyclic) bond motifs is 1. The molecule has 2 amide bonds. The van der Waals surface area contributed by atoms with Gasteiger partial charge >= 0.3 is 6.03 Å². The zero-order valence-corrected chi connectivity index (χ0v) is 9.38. The van der Waals surface area contributed by atoms with Crippen LogP contribution in [0.25, 0.3) is 0 Å². The van der Waals surface area contributed by atoms with Gasteiger partial charge in [0.15, 0.2) is 0 Å². The molecule has 0 saturated heterocycles. The van der Waals surface area contributed by atoms with E-state index in [0.717, 1.165) is 30.8 Å². The number of aryl methyl sites for hydroxylation is 1. The van der Waals surface area contributed by atoms with Crippen molar-refractivity contribution in [1.82, 2.24) is 10.6 Å². The Morgan fingerprint density at radius 3 is 3.19 bits per heavy atom. The van der Waals surface area contributed by atoms with Gasteiger partial charge in [-0.2, -0.15) is 0 Å². The number of carbonyl (C=O) groups excluding carboxylic acids is 1. The molecule has 1 aromatic carbocycles. The van der Waals surface area contributed by atoms with E-state index in [1.165, 1.54) is 5.56 Å². The van der Waals surface area contributed by atoms with Crippen molar-refractivity contribution in [2.45, 2.75) is 19.4 Å². The SMILES string of the molecule is CNC(=O)NCc1ccc2c(c1)CCCO2. The highest BCUT2D eigenvalue weighted by atomic mass is 16.5. The van der Waals surface area contributed by atoms with Crippen molar-refractivity contribution in [2.24, 2.45) is 0 Å². The van der Waals surface area contributed by atoms with Crippen LogP contribution in [0.15, 0.2) is 18.2 Å². The number of hydrogen-bond acceptors (Lipinski definition) is 2. The molecule has 0 atom stereocenters. The lowest BCUT2D eigenvalue weighted by atomic mass is 10.0. The Morgan fingerprint density at radius 2 is 2.38 bits per heavy atom. The molecule has 16 heavy (non-hydrogen) atoms. The van der Waals surface area contributed by atoms with Gasteiger partial charge in [0.05, 0.1) is 6.61 Å². The molecule has 0 fully saturated rings. The van der Waals surface area contributed by atoms with Gasteiger partial charge in [0.25, 0.3) is 0 Å². The van der Waals surface area contributed by atoms with Gasteiger partial charge in [0.2, 0.25) is 0 Å². The summed E-state index contributed by atoms with van der Waals surface area (Å²) in [7, 11) is 1.61. The fourth-order valence-corrected chi connectivity index (χ4v) is 1.79. The van der Waals surface area contributed by atoms with Gasteiger partial charge in [-0.3, -0.25) is 0 Å². The number of nitrogens with one attached hydrogen (secondary N) is 2. The van der Waals surface area contributed by atoms with Gasteiger partial charge in [0, 0.05) is 13.6 Å². The molecule has 4 heteroatoms. The Balaban J connectivity index is 2.03. The third-order valence-corrected chi connectivity index (χ3v) is 2.65. The van der Waals surface area contributed by atoms with E-state index in [0.29, 0.717) is 6.54 Å². The van der Waals surface area contributed by atoms with Crippen LogP contribution in [-0.4, -0.2) is 19.7 Å². The zero-order valence-electron chi connectivity index (χ0n) is 9.38. The zero-order chi connectivity index (χ0) is 11.4. The van der Waals surface area contributed by atoms with Crippen LogP contribution < -0.4 is 15.4 Å². The molecule has 0 aromatic heterocycles. The Morgan fingerprint density at radius 1 is 1.50 bits per heavy atom. The molecule has 2 rings (SSSR count). The first kappa shape index (κ1) is 10.8. The second-order valence-electron chi connectivity index (χ2n) is 3.83. The van der Waals surface area contributed by atoms with Crippen molar-refractivity contribution in [3.05, 3.63) is 29.3 Å². The van der Waals surface area contributed by atoms with Crippen molar-refractivity contribution in [3.63, 3.8) is 0 Å². The van der Waals surface area contributed by atoms with E-state index >= 15 is 0 Å². The molecular formula is C12H16N2O2.